The van der Waals surface area contributed by atoms with E-state index in [-0.39, 0.29) is 17.1 Å². The Balaban J connectivity index is 2.30. The highest BCUT2D eigenvalue weighted by Crippen LogP contribution is 2.37. The Morgan fingerprint density at radius 2 is 1.48 bits per heavy atom. The smallest absolute Gasteiger partial charge is 0.196 e. The third-order valence-electron chi connectivity index (χ3n) is 3.96. The lowest BCUT2D eigenvalue weighted by atomic mass is 9.88. The summed E-state index contributed by atoms with van der Waals surface area (Å²) < 4.78 is 0. The van der Waals surface area contributed by atoms with Gasteiger partial charge in [0.05, 0.1) is 11.2 Å². The predicted octanol–water partition coefficient (Wildman–Crippen LogP) is 4.00. The van der Waals surface area contributed by atoms with Crippen molar-refractivity contribution in [2.45, 2.75) is 19.4 Å². The molecule has 0 aliphatic rings. The Bertz CT molecular complexity index is 875. The quantitative estimate of drug-likeness (QED) is 0.719. The van der Waals surface area contributed by atoms with Crippen molar-refractivity contribution in [3.05, 3.63) is 77.4 Å². The van der Waals surface area contributed by atoms with Gasteiger partial charge in [-0.05, 0) is 30.9 Å². The molecule has 3 heteroatoms. The van der Waals surface area contributed by atoms with Gasteiger partial charge in [-0.15, -0.1) is 0 Å². The van der Waals surface area contributed by atoms with Gasteiger partial charge in [-0.25, -0.2) is 0 Å². The average Bonchev–Trinajstić information content (AvgIpc) is 2.54. The van der Waals surface area contributed by atoms with Gasteiger partial charge in [-0.2, -0.15) is 0 Å². The van der Waals surface area contributed by atoms with Crippen molar-refractivity contribution in [2.75, 3.05) is 0 Å². The summed E-state index contributed by atoms with van der Waals surface area (Å²) in [6.45, 7) is 3.34. The Morgan fingerprint density at radius 3 is 2.09 bits per heavy atom. The van der Waals surface area contributed by atoms with Gasteiger partial charge in [0.2, 0.25) is 0 Å². The molecule has 2 N–H and O–H groups in total. The molecule has 0 aromatic heterocycles. The van der Waals surface area contributed by atoms with Gasteiger partial charge in [0.15, 0.2) is 5.78 Å². The molecular formula is C20H18O3. The molecule has 0 aliphatic heterocycles. The lowest BCUT2D eigenvalue weighted by molar-refractivity contribution is 0.0800. The molecule has 0 bridgehead atoms. The largest absolute Gasteiger partial charge is 0.507 e. The van der Waals surface area contributed by atoms with Gasteiger partial charge >= 0.3 is 0 Å². The second kappa shape index (κ2) is 5.52. The molecule has 116 valence electrons. The fourth-order valence-electron chi connectivity index (χ4n) is 2.78. The average molecular weight is 306 g/mol. The zero-order chi connectivity index (χ0) is 16.6. The van der Waals surface area contributed by atoms with Crippen LogP contribution in [0.4, 0.5) is 0 Å². The first-order valence-electron chi connectivity index (χ1n) is 7.47. The number of aliphatic hydroxyl groups is 1. The van der Waals surface area contributed by atoms with Crippen molar-refractivity contribution in [1.82, 2.24) is 0 Å². The molecule has 0 heterocycles. The first-order chi connectivity index (χ1) is 10.9. The molecule has 3 aromatic carbocycles. The van der Waals surface area contributed by atoms with Crippen molar-refractivity contribution < 1.29 is 15.0 Å². The van der Waals surface area contributed by atoms with Crippen LogP contribution in [-0.2, 0) is 5.60 Å². The first kappa shape index (κ1) is 15.3. The van der Waals surface area contributed by atoms with Crippen molar-refractivity contribution in [3.8, 4) is 5.75 Å². The normalized spacial score (nSPS) is 11.6. The molecule has 0 saturated heterocycles. The molecule has 0 aliphatic carbocycles. The minimum Gasteiger partial charge on any atom is -0.507 e. The van der Waals surface area contributed by atoms with Gasteiger partial charge in [0.1, 0.15) is 5.75 Å². The lowest BCUT2D eigenvalue weighted by Crippen LogP contribution is -2.17. The van der Waals surface area contributed by atoms with Crippen LogP contribution in [0.5, 0.6) is 5.75 Å². The highest BCUT2D eigenvalue weighted by Gasteiger charge is 2.25. The van der Waals surface area contributed by atoms with E-state index in [4.69, 9.17) is 0 Å². The second-order valence-corrected chi connectivity index (χ2v) is 6.12. The van der Waals surface area contributed by atoms with Crippen LogP contribution in [0.15, 0.2) is 60.7 Å². The summed E-state index contributed by atoms with van der Waals surface area (Å²) in [6.07, 6.45) is 0. The number of hydrogen-bond acceptors (Lipinski definition) is 3. The molecular weight excluding hydrogens is 288 g/mol. The molecule has 23 heavy (non-hydrogen) atoms. The van der Waals surface area contributed by atoms with Crippen LogP contribution in [0.2, 0.25) is 0 Å². The second-order valence-electron chi connectivity index (χ2n) is 6.12. The molecule has 0 radical (unpaired) electrons. The molecule has 0 saturated carbocycles. The van der Waals surface area contributed by atoms with Crippen molar-refractivity contribution in [3.63, 3.8) is 0 Å². The lowest BCUT2D eigenvalue weighted by Gasteiger charge is -2.22. The number of phenols is 1. The van der Waals surface area contributed by atoms with Crippen LogP contribution in [0.1, 0.15) is 35.3 Å². The topological polar surface area (TPSA) is 57.5 Å². The molecule has 0 amide bonds. The number of aromatic hydroxyl groups is 1. The molecule has 0 unspecified atom stereocenters. The number of rotatable bonds is 3. The fraction of sp³-hybridized carbons (Fsp3) is 0.150. The maximum atomic E-state index is 12.7. The van der Waals surface area contributed by atoms with E-state index in [0.717, 1.165) is 5.39 Å². The monoisotopic (exact) mass is 306 g/mol. The summed E-state index contributed by atoms with van der Waals surface area (Å²) in [5, 5.41) is 22.3. The summed E-state index contributed by atoms with van der Waals surface area (Å²) in [7, 11) is 0. The van der Waals surface area contributed by atoms with E-state index >= 15 is 0 Å². The molecule has 3 nitrogen and oxygen atoms in total. The third kappa shape index (κ3) is 2.71. The van der Waals surface area contributed by atoms with E-state index < -0.39 is 5.60 Å². The summed E-state index contributed by atoms with van der Waals surface area (Å²) in [6, 6.07) is 17.6. The number of hydrogen-bond donors (Lipinski definition) is 2. The number of carbonyl (C=O) groups excluding carboxylic acids is 1. The Kier molecular flexibility index (Phi) is 3.66. The summed E-state index contributed by atoms with van der Waals surface area (Å²) in [5.74, 6) is -0.318. The Morgan fingerprint density at radius 1 is 0.913 bits per heavy atom. The highest BCUT2D eigenvalue weighted by molar-refractivity contribution is 6.14. The zero-order valence-corrected chi connectivity index (χ0v) is 13.1. The number of fused-ring (bicyclic) bond motifs is 1. The highest BCUT2D eigenvalue weighted by atomic mass is 16.3. The Labute approximate surface area is 134 Å². The van der Waals surface area contributed by atoms with E-state index in [1.165, 1.54) is 0 Å². The van der Waals surface area contributed by atoms with Crippen LogP contribution in [-0.4, -0.2) is 16.0 Å². The SMILES string of the molecule is CC(C)(O)c1cc(C(=O)c2ccccc2)c(O)c2ccccc12. The summed E-state index contributed by atoms with van der Waals surface area (Å²) in [5.41, 5.74) is 0.191. The minimum absolute atomic E-state index is 0.0533. The number of phenolic OH excluding ortho intramolecular Hbond substituents is 1. The van der Waals surface area contributed by atoms with Crippen LogP contribution in [0, 0.1) is 0 Å². The molecule has 3 aromatic rings. The van der Waals surface area contributed by atoms with Crippen molar-refractivity contribution in [1.29, 1.82) is 0 Å². The fourth-order valence-corrected chi connectivity index (χ4v) is 2.78. The molecule has 0 fully saturated rings. The standard InChI is InChI=1S/C20H18O3/c1-20(2,23)17-12-16(18(21)13-8-4-3-5-9-13)19(22)15-11-7-6-10-14(15)17/h3-12,22-23H,1-2H3. The number of carbonyl (C=O) groups is 1. The van der Waals surface area contributed by atoms with Gasteiger partial charge in [-0.1, -0.05) is 54.6 Å². The van der Waals surface area contributed by atoms with Gasteiger partial charge in [0, 0.05) is 10.9 Å². The van der Waals surface area contributed by atoms with E-state index in [9.17, 15) is 15.0 Å². The number of benzene rings is 3. The number of ketones is 1. The van der Waals surface area contributed by atoms with Crippen molar-refractivity contribution >= 4 is 16.6 Å². The zero-order valence-electron chi connectivity index (χ0n) is 13.1. The van der Waals surface area contributed by atoms with E-state index in [1.807, 2.05) is 18.2 Å². The predicted molar refractivity (Wildman–Crippen MR) is 90.7 cm³/mol. The first-order valence-corrected chi connectivity index (χ1v) is 7.47. The minimum atomic E-state index is -1.13. The van der Waals surface area contributed by atoms with E-state index in [1.54, 1.807) is 56.3 Å². The van der Waals surface area contributed by atoms with Crippen LogP contribution < -0.4 is 0 Å². The van der Waals surface area contributed by atoms with Gasteiger partial charge in [0.25, 0.3) is 0 Å². The molecule has 0 atom stereocenters. The van der Waals surface area contributed by atoms with Crippen LogP contribution in [0.3, 0.4) is 0 Å². The van der Waals surface area contributed by atoms with Crippen molar-refractivity contribution in [2.24, 2.45) is 0 Å². The Hall–Kier alpha value is -2.65. The van der Waals surface area contributed by atoms with E-state index in [2.05, 4.69) is 0 Å². The molecule has 0 spiro atoms. The van der Waals surface area contributed by atoms with Crippen LogP contribution in [0.25, 0.3) is 10.8 Å². The van der Waals surface area contributed by atoms with Crippen LogP contribution >= 0.6 is 0 Å². The third-order valence-corrected chi connectivity index (χ3v) is 3.96. The maximum Gasteiger partial charge on any atom is 0.196 e. The van der Waals surface area contributed by atoms with Gasteiger partial charge in [-0.3, -0.25) is 4.79 Å². The maximum absolute atomic E-state index is 12.7. The van der Waals surface area contributed by atoms with E-state index in [0.29, 0.717) is 16.5 Å². The summed E-state index contributed by atoms with van der Waals surface area (Å²) >= 11 is 0. The van der Waals surface area contributed by atoms with Gasteiger partial charge < -0.3 is 10.2 Å². The molecule has 3 rings (SSSR count). The summed E-state index contributed by atoms with van der Waals surface area (Å²) in [4.78, 5) is 12.7.